The van der Waals surface area contributed by atoms with Gasteiger partial charge in [0.1, 0.15) is 5.82 Å². The van der Waals surface area contributed by atoms with Crippen LogP contribution in [0.15, 0.2) is 18.3 Å². The van der Waals surface area contributed by atoms with Crippen molar-refractivity contribution >= 4 is 11.3 Å². The highest BCUT2D eigenvalue weighted by molar-refractivity contribution is 5.51. The molecule has 1 atom stereocenters. The van der Waals surface area contributed by atoms with Crippen molar-refractivity contribution in [3.8, 4) is 0 Å². The first-order chi connectivity index (χ1) is 8.78. The lowest BCUT2D eigenvalue weighted by atomic mass is 9.97. The minimum absolute atomic E-state index is 0.484. The molecule has 3 heterocycles. The van der Waals surface area contributed by atoms with E-state index >= 15 is 0 Å². The van der Waals surface area contributed by atoms with Crippen molar-refractivity contribution in [3.05, 3.63) is 24.2 Å². The van der Waals surface area contributed by atoms with Gasteiger partial charge in [-0.1, -0.05) is 6.92 Å². The second-order valence-corrected chi connectivity index (χ2v) is 4.98. The average molecular weight is 245 g/mol. The molecule has 0 saturated carbocycles. The zero-order chi connectivity index (χ0) is 12.5. The van der Waals surface area contributed by atoms with E-state index in [4.69, 9.17) is 5.73 Å². The number of rotatable bonds is 2. The predicted molar refractivity (Wildman–Crippen MR) is 71.5 cm³/mol. The Kier molecular flexibility index (Phi) is 2.91. The fourth-order valence-corrected chi connectivity index (χ4v) is 2.76. The van der Waals surface area contributed by atoms with Gasteiger partial charge in [-0.3, -0.25) is 4.40 Å². The van der Waals surface area contributed by atoms with Gasteiger partial charge in [0, 0.05) is 30.4 Å². The van der Waals surface area contributed by atoms with Crippen LogP contribution in [0.2, 0.25) is 0 Å². The Morgan fingerprint density at radius 3 is 3.17 bits per heavy atom. The highest BCUT2D eigenvalue weighted by atomic mass is 15.3. The normalized spacial score (nSPS) is 21.5. The quantitative estimate of drug-likeness (QED) is 0.871. The third-order valence-corrected chi connectivity index (χ3v) is 3.78. The van der Waals surface area contributed by atoms with Crippen molar-refractivity contribution in [3.63, 3.8) is 0 Å². The molecule has 3 rings (SSSR count). The molecule has 2 aromatic rings. The van der Waals surface area contributed by atoms with Crippen molar-refractivity contribution < 1.29 is 0 Å². The molecule has 0 bridgehead atoms. The van der Waals surface area contributed by atoms with Gasteiger partial charge >= 0.3 is 0 Å². The standard InChI is InChI=1S/C13H19N5/c1-2-17-6-3-4-10(9-17)13-16-15-12-8-11(14)5-7-18(12)13/h5,7-8,10H,2-4,6,9,14H2,1H3. The summed E-state index contributed by atoms with van der Waals surface area (Å²) >= 11 is 0. The van der Waals surface area contributed by atoms with Crippen molar-refractivity contribution in [2.24, 2.45) is 0 Å². The van der Waals surface area contributed by atoms with Crippen LogP contribution in [0.3, 0.4) is 0 Å². The van der Waals surface area contributed by atoms with Crippen LogP contribution in [-0.2, 0) is 0 Å². The Morgan fingerprint density at radius 2 is 2.33 bits per heavy atom. The number of fused-ring (bicyclic) bond motifs is 1. The van der Waals surface area contributed by atoms with E-state index in [1.807, 2.05) is 18.3 Å². The Morgan fingerprint density at radius 1 is 1.44 bits per heavy atom. The van der Waals surface area contributed by atoms with E-state index in [0.29, 0.717) is 5.92 Å². The summed E-state index contributed by atoms with van der Waals surface area (Å²) in [7, 11) is 0. The summed E-state index contributed by atoms with van der Waals surface area (Å²) in [6, 6.07) is 3.77. The van der Waals surface area contributed by atoms with Crippen LogP contribution in [0.1, 0.15) is 31.5 Å². The number of likely N-dealkylation sites (tertiary alicyclic amines) is 1. The van der Waals surface area contributed by atoms with E-state index in [0.717, 1.165) is 30.2 Å². The van der Waals surface area contributed by atoms with Gasteiger partial charge < -0.3 is 10.6 Å². The number of nitrogens with two attached hydrogens (primary N) is 1. The molecule has 1 unspecified atom stereocenters. The lowest BCUT2D eigenvalue weighted by Gasteiger charge is -2.30. The third kappa shape index (κ3) is 1.95. The van der Waals surface area contributed by atoms with Crippen molar-refractivity contribution in [2.75, 3.05) is 25.4 Å². The van der Waals surface area contributed by atoms with E-state index in [9.17, 15) is 0 Å². The molecule has 5 nitrogen and oxygen atoms in total. The summed E-state index contributed by atoms with van der Waals surface area (Å²) in [5.74, 6) is 1.56. The van der Waals surface area contributed by atoms with Gasteiger partial charge in [0.25, 0.3) is 0 Å². The second kappa shape index (κ2) is 4.57. The molecular weight excluding hydrogens is 226 g/mol. The van der Waals surface area contributed by atoms with Gasteiger partial charge in [-0.15, -0.1) is 10.2 Å². The van der Waals surface area contributed by atoms with Crippen molar-refractivity contribution in [1.29, 1.82) is 0 Å². The highest BCUT2D eigenvalue weighted by Crippen LogP contribution is 2.26. The van der Waals surface area contributed by atoms with Gasteiger partial charge in [-0.05, 0) is 32.0 Å². The van der Waals surface area contributed by atoms with Crippen LogP contribution >= 0.6 is 0 Å². The summed E-state index contributed by atoms with van der Waals surface area (Å²) in [6.45, 7) is 5.61. The molecule has 1 saturated heterocycles. The maximum atomic E-state index is 5.77. The van der Waals surface area contributed by atoms with Crippen LogP contribution in [0.5, 0.6) is 0 Å². The molecular formula is C13H19N5. The Hall–Kier alpha value is -1.62. The fourth-order valence-electron chi connectivity index (χ4n) is 2.76. The molecule has 1 fully saturated rings. The molecule has 96 valence electrons. The molecule has 5 heteroatoms. The van der Waals surface area contributed by atoms with E-state index in [2.05, 4.69) is 26.4 Å². The van der Waals surface area contributed by atoms with Gasteiger partial charge in [-0.2, -0.15) is 0 Å². The summed E-state index contributed by atoms with van der Waals surface area (Å²) < 4.78 is 2.07. The number of hydrogen-bond acceptors (Lipinski definition) is 4. The average Bonchev–Trinajstić information content (AvgIpc) is 2.81. The SMILES string of the molecule is CCN1CCCC(c2nnc3cc(N)ccn23)C1. The second-order valence-electron chi connectivity index (χ2n) is 4.98. The van der Waals surface area contributed by atoms with Crippen LogP contribution in [0.4, 0.5) is 5.69 Å². The van der Waals surface area contributed by atoms with Crippen molar-refractivity contribution in [2.45, 2.75) is 25.7 Å². The number of pyridine rings is 1. The zero-order valence-corrected chi connectivity index (χ0v) is 10.7. The first-order valence-electron chi connectivity index (χ1n) is 6.60. The summed E-state index contributed by atoms with van der Waals surface area (Å²) in [5.41, 5.74) is 7.35. The molecule has 0 spiro atoms. The molecule has 0 aliphatic carbocycles. The first kappa shape index (κ1) is 11.5. The molecule has 0 aromatic carbocycles. The molecule has 18 heavy (non-hydrogen) atoms. The number of nitrogens with zero attached hydrogens (tertiary/aromatic N) is 4. The van der Waals surface area contributed by atoms with E-state index in [1.54, 1.807) is 0 Å². The largest absolute Gasteiger partial charge is 0.399 e. The summed E-state index contributed by atoms with van der Waals surface area (Å²) in [5, 5.41) is 8.58. The Labute approximate surface area is 107 Å². The predicted octanol–water partition coefficient (Wildman–Crippen LogP) is 1.51. The maximum absolute atomic E-state index is 5.77. The number of piperidine rings is 1. The smallest absolute Gasteiger partial charge is 0.162 e. The Balaban J connectivity index is 1.94. The number of anilines is 1. The molecule has 0 amide bonds. The minimum atomic E-state index is 0.484. The highest BCUT2D eigenvalue weighted by Gasteiger charge is 2.24. The number of nitrogen functional groups attached to an aromatic ring is 1. The number of aromatic nitrogens is 3. The van der Waals surface area contributed by atoms with Gasteiger partial charge in [-0.25, -0.2) is 0 Å². The van der Waals surface area contributed by atoms with Crippen molar-refractivity contribution in [1.82, 2.24) is 19.5 Å². The molecule has 0 radical (unpaired) electrons. The van der Waals surface area contributed by atoms with Crippen LogP contribution in [-0.4, -0.2) is 39.1 Å². The van der Waals surface area contributed by atoms with Crippen LogP contribution < -0.4 is 5.73 Å². The van der Waals surface area contributed by atoms with E-state index in [1.165, 1.54) is 19.4 Å². The number of likely N-dealkylation sites (N-methyl/N-ethyl adjacent to an activating group) is 1. The maximum Gasteiger partial charge on any atom is 0.162 e. The van der Waals surface area contributed by atoms with E-state index < -0.39 is 0 Å². The number of hydrogen-bond donors (Lipinski definition) is 1. The lowest BCUT2D eigenvalue weighted by Crippen LogP contribution is -2.34. The van der Waals surface area contributed by atoms with Gasteiger partial charge in [0.15, 0.2) is 5.65 Å². The van der Waals surface area contributed by atoms with Crippen LogP contribution in [0.25, 0.3) is 5.65 Å². The molecule has 2 N–H and O–H groups in total. The molecule has 1 aliphatic rings. The van der Waals surface area contributed by atoms with E-state index in [-0.39, 0.29) is 0 Å². The topological polar surface area (TPSA) is 59.5 Å². The monoisotopic (exact) mass is 245 g/mol. The summed E-state index contributed by atoms with van der Waals surface area (Å²) in [6.07, 6.45) is 4.41. The zero-order valence-electron chi connectivity index (χ0n) is 10.7. The van der Waals surface area contributed by atoms with Crippen LogP contribution in [0, 0.1) is 0 Å². The lowest BCUT2D eigenvalue weighted by molar-refractivity contribution is 0.213. The van der Waals surface area contributed by atoms with Gasteiger partial charge in [0.05, 0.1) is 0 Å². The first-order valence-corrected chi connectivity index (χ1v) is 6.60. The third-order valence-electron chi connectivity index (χ3n) is 3.78. The Bertz CT molecular complexity index is 547. The summed E-state index contributed by atoms with van der Waals surface area (Å²) in [4.78, 5) is 2.48. The molecule has 1 aliphatic heterocycles. The fraction of sp³-hybridized carbons (Fsp3) is 0.538. The molecule has 2 aromatic heterocycles. The minimum Gasteiger partial charge on any atom is -0.399 e. The van der Waals surface area contributed by atoms with Gasteiger partial charge in [0.2, 0.25) is 0 Å².